The molecule has 0 spiro atoms. The van der Waals surface area contributed by atoms with Gasteiger partial charge in [-0.25, -0.2) is 0 Å². The number of aliphatic hydroxyl groups excluding tert-OH is 1. The highest BCUT2D eigenvalue weighted by atomic mass is 16.5. The van der Waals surface area contributed by atoms with Crippen LogP contribution in [-0.2, 0) is 10.2 Å². The number of hydrogen-bond acceptors (Lipinski definition) is 2. The lowest BCUT2D eigenvalue weighted by atomic mass is 9.83. The Morgan fingerprint density at radius 1 is 1.13 bits per heavy atom. The molecule has 3 atom stereocenters. The summed E-state index contributed by atoms with van der Waals surface area (Å²) in [6, 6.07) is 21.1. The zero-order chi connectivity index (χ0) is 16.3. The van der Waals surface area contributed by atoms with Gasteiger partial charge < -0.3 is 9.84 Å². The molecule has 0 radical (unpaired) electrons. The summed E-state index contributed by atoms with van der Waals surface area (Å²) < 4.78 is 5.69. The Balaban J connectivity index is 1.99. The van der Waals surface area contributed by atoms with E-state index in [1.165, 1.54) is 11.1 Å². The summed E-state index contributed by atoms with van der Waals surface area (Å²) in [5.41, 5.74) is 2.53. The van der Waals surface area contributed by atoms with E-state index in [2.05, 4.69) is 55.1 Å². The smallest absolute Gasteiger partial charge is 0.0873 e. The predicted molar refractivity (Wildman–Crippen MR) is 93.4 cm³/mol. The number of hydrogen-bond donors (Lipinski definition) is 1. The lowest BCUT2D eigenvalue weighted by Crippen LogP contribution is -2.33. The molecule has 2 heteroatoms. The van der Waals surface area contributed by atoms with Crippen LogP contribution < -0.4 is 0 Å². The number of aliphatic hydroxyl groups is 1. The monoisotopic (exact) mass is 308 g/mol. The topological polar surface area (TPSA) is 29.5 Å². The summed E-state index contributed by atoms with van der Waals surface area (Å²) in [6.07, 6.45) is 2.60. The van der Waals surface area contributed by atoms with Crippen molar-refractivity contribution in [2.24, 2.45) is 5.92 Å². The minimum atomic E-state index is -0.517. The highest BCUT2D eigenvalue weighted by Crippen LogP contribution is 2.61. The summed E-state index contributed by atoms with van der Waals surface area (Å²) >= 11 is 0. The molecule has 3 rings (SSSR count). The van der Waals surface area contributed by atoms with Crippen LogP contribution >= 0.6 is 0 Å². The molecule has 1 N–H and O–H groups in total. The Labute approximate surface area is 138 Å². The van der Waals surface area contributed by atoms with Crippen molar-refractivity contribution in [2.45, 2.75) is 30.5 Å². The summed E-state index contributed by atoms with van der Waals surface area (Å²) in [7, 11) is 1.69. The van der Waals surface area contributed by atoms with Gasteiger partial charge >= 0.3 is 0 Å². The fourth-order valence-corrected chi connectivity index (χ4v) is 3.88. The molecule has 23 heavy (non-hydrogen) atoms. The van der Waals surface area contributed by atoms with Crippen LogP contribution in [0.2, 0.25) is 0 Å². The average molecular weight is 308 g/mol. The molecule has 0 heterocycles. The van der Waals surface area contributed by atoms with Gasteiger partial charge in [0.1, 0.15) is 0 Å². The lowest BCUT2D eigenvalue weighted by molar-refractivity contribution is -0.0258. The van der Waals surface area contributed by atoms with Crippen LogP contribution in [0.3, 0.4) is 0 Å². The fourth-order valence-electron chi connectivity index (χ4n) is 3.88. The first-order valence-corrected chi connectivity index (χ1v) is 8.17. The molecule has 1 aliphatic rings. The third kappa shape index (κ3) is 2.85. The Bertz CT molecular complexity index is 596. The Hall–Kier alpha value is -1.90. The van der Waals surface area contributed by atoms with Crippen molar-refractivity contribution in [3.63, 3.8) is 0 Å². The molecular formula is C21H24O2. The van der Waals surface area contributed by atoms with E-state index in [0.717, 1.165) is 6.42 Å². The molecule has 1 saturated carbocycles. The third-order valence-electron chi connectivity index (χ3n) is 5.05. The van der Waals surface area contributed by atoms with Crippen LogP contribution in [0, 0.1) is 5.92 Å². The first-order chi connectivity index (χ1) is 11.2. The molecule has 0 aliphatic heterocycles. The van der Waals surface area contributed by atoms with Crippen molar-refractivity contribution < 1.29 is 9.84 Å². The van der Waals surface area contributed by atoms with Gasteiger partial charge in [-0.05, 0) is 24.0 Å². The summed E-state index contributed by atoms with van der Waals surface area (Å²) in [5.74, 6) is 0.271. The van der Waals surface area contributed by atoms with Gasteiger partial charge in [0.2, 0.25) is 0 Å². The largest absolute Gasteiger partial charge is 0.390 e. The van der Waals surface area contributed by atoms with Crippen molar-refractivity contribution in [2.75, 3.05) is 7.11 Å². The van der Waals surface area contributed by atoms with Gasteiger partial charge in [-0.1, -0.05) is 66.7 Å². The lowest BCUT2D eigenvalue weighted by Gasteiger charge is -2.26. The van der Waals surface area contributed by atoms with Crippen molar-refractivity contribution in [3.8, 4) is 0 Å². The molecule has 1 fully saturated rings. The molecule has 1 aliphatic carbocycles. The molecule has 120 valence electrons. The van der Waals surface area contributed by atoms with E-state index in [9.17, 15) is 5.11 Å². The second-order valence-corrected chi connectivity index (χ2v) is 6.31. The number of ether oxygens (including phenoxy) is 1. The van der Waals surface area contributed by atoms with Crippen LogP contribution in [-0.4, -0.2) is 24.4 Å². The van der Waals surface area contributed by atoms with Gasteiger partial charge in [-0.15, -0.1) is 6.58 Å². The van der Waals surface area contributed by atoms with E-state index in [4.69, 9.17) is 4.74 Å². The standard InChI is InChI=1S/C21H24O2/c1-3-10-19(22)20(23-2)18-15-21(18,16-11-6-4-7-12-16)17-13-8-5-9-14-17/h3-9,11-14,18-20,22H,1,10,15H2,2H3. The van der Waals surface area contributed by atoms with E-state index in [0.29, 0.717) is 6.42 Å². The molecule has 0 aromatic heterocycles. The minimum absolute atomic E-state index is 0.0641. The maximum Gasteiger partial charge on any atom is 0.0873 e. The van der Waals surface area contributed by atoms with E-state index in [1.807, 2.05) is 12.1 Å². The highest BCUT2D eigenvalue weighted by Gasteiger charge is 2.60. The van der Waals surface area contributed by atoms with Crippen molar-refractivity contribution in [3.05, 3.63) is 84.4 Å². The molecular weight excluding hydrogens is 284 g/mol. The summed E-state index contributed by atoms with van der Waals surface area (Å²) in [4.78, 5) is 0. The Morgan fingerprint density at radius 3 is 2.09 bits per heavy atom. The van der Waals surface area contributed by atoms with Crippen molar-refractivity contribution >= 4 is 0 Å². The van der Waals surface area contributed by atoms with Crippen LogP contribution in [0.25, 0.3) is 0 Å². The maximum atomic E-state index is 10.4. The van der Waals surface area contributed by atoms with Crippen LogP contribution in [0.15, 0.2) is 73.3 Å². The van der Waals surface area contributed by atoms with Crippen LogP contribution in [0.4, 0.5) is 0 Å². The molecule has 2 aromatic rings. The average Bonchev–Trinajstić information content (AvgIpc) is 3.34. The second-order valence-electron chi connectivity index (χ2n) is 6.31. The molecule has 2 nitrogen and oxygen atoms in total. The van der Waals surface area contributed by atoms with Gasteiger partial charge in [0.15, 0.2) is 0 Å². The quantitative estimate of drug-likeness (QED) is 0.785. The summed E-state index contributed by atoms with van der Waals surface area (Å²) in [6.45, 7) is 3.73. The van der Waals surface area contributed by atoms with Gasteiger partial charge in [-0.2, -0.15) is 0 Å². The van der Waals surface area contributed by atoms with Gasteiger partial charge in [0.05, 0.1) is 12.2 Å². The number of rotatable bonds is 7. The van der Waals surface area contributed by atoms with Crippen molar-refractivity contribution in [1.82, 2.24) is 0 Å². The van der Waals surface area contributed by atoms with E-state index < -0.39 is 6.10 Å². The highest BCUT2D eigenvalue weighted by molar-refractivity contribution is 5.47. The third-order valence-corrected chi connectivity index (χ3v) is 5.05. The fraction of sp³-hybridized carbons (Fsp3) is 0.333. The normalized spacial score (nSPS) is 21.4. The Kier molecular flexibility index (Phi) is 4.65. The predicted octanol–water partition coefficient (Wildman–Crippen LogP) is 3.94. The Morgan fingerprint density at radius 2 is 1.65 bits per heavy atom. The molecule has 0 bridgehead atoms. The molecule has 3 unspecified atom stereocenters. The first-order valence-electron chi connectivity index (χ1n) is 8.17. The zero-order valence-electron chi connectivity index (χ0n) is 13.6. The van der Waals surface area contributed by atoms with Gasteiger partial charge in [0, 0.05) is 18.4 Å². The van der Waals surface area contributed by atoms with Gasteiger partial charge in [-0.3, -0.25) is 0 Å². The summed E-state index contributed by atoms with van der Waals surface area (Å²) in [5, 5.41) is 10.4. The minimum Gasteiger partial charge on any atom is -0.390 e. The van der Waals surface area contributed by atoms with Crippen LogP contribution in [0.1, 0.15) is 24.0 Å². The maximum absolute atomic E-state index is 10.4. The number of methoxy groups -OCH3 is 1. The molecule has 0 saturated heterocycles. The number of benzene rings is 2. The van der Waals surface area contributed by atoms with Crippen molar-refractivity contribution in [1.29, 1.82) is 0 Å². The van der Waals surface area contributed by atoms with Crippen LogP contribution in [0.5, 0.6) is 0 Å². The second kappa shape index (κ2) is 6.69. The van der Waals surface area contributed by atoms with E-state index in [-0.39, 0.29) is 17.4 Å². The zero-order valence-corrected chi connectivity index (χ0v) is 13.6. The van der Waals surface area contributed by atoms with Gasteiger partial charge in [0.25, 0.3) is 0 Å². The van der Waals surface area contributed by atoms with E-state index >= 15 is 0 Å². The SMILES string of the molecule is C=CCC(O)C(OC)C1CC1(c1ccccc1)c1ccccc1. The first kappa shape index (κ1) is 16.0. The molecule has 2 aromatic carbocycles. The molecule has 0 amide bonds. The van der Waals surface area contributed by atoms with E-state index in [1.54, 1.807) is 13.2 Å².